The Kier molecular flexibility index (Phi) is 3.60. The minimum Gasteiger partial charge on any atom is -0.380 e. The van der Waals surface area contributed by atoms with E-state index in [1.165, 1.54) is 6.07 Å². The average molecular weight is 243 g/mol. The highest BCUT2D eigenvalue weighted by Crippen LogP contribution is 2.31. The van der Waals surface area contributed by atoms with Gasteiger partial charge in [-0.05, 0) is 37.3 Å². The highest BCUT2D eigenvalue weighted by molar-refractivity contribution is 5.46. The van der Waals surface area contributed by atoms with Crippen LogP contribution in [0, 0.1) is 23.4 Å². The van der Waals surface area contributed by atoms with Crippen molar-refractivity contribution in [1.29, 1.82) is 0 Å². The summed E-state index contributed by atoms with van der Waals surface area (Å²) in [6.07, 6.45) is 4.14. The van der Waals surface area contributed by atoms with Gasteiger partial charge in [0.05, 0.1) is 5.69 Å². The Bertz CT molecular complexity index is 406. The van der Waals surface area contributed by atoms with Crippen molar-refractivity contribution in [2.24, 2.45) is 5.92 Å². The maximum absolute atomic E-state index is 13.4. The number of hydrogen-bond acceptors (Lipinski definition) is 1. The molecule has 0 saturated heterocycles. The summed E-state index contributed by atoms with van der Waals surface area (Å²) < 4.78 is 39.2. The van der Waals surface area contributed by atoms with Crippen LogP contribution < -0.4 is 5.32 Å². The van der Waals surface area contributed by atoms with Crippen LogP contribution in [0.2, 0.25) is 0 Å². The van der Waals surface area contributed by atoms with Gasteiger partial charge in [-0.2, -0.15) is 0 Å². The summed E-state index contributed by atoms with van der Waals surface area (Å²) in [6.45, 7) is 2.13. The smallest absolute Gasteiger partial charge is 0.196 e. The lowest BCUT2D eigenvalue weighted by Gasteiger charge is -2.15. The SMILES string of the molecule is CCC1CCC(Nc2ccc(F)c(F)c2F)C1. The van der Waals surface area contributed by atoms with Crippen molar-refractivity contribution in [3.05, 3.63) is 29.6 Å². The van der Waals surface area contributed by atoms with Gasteiger partial charge in [-0.25, -0.2) is 13.2 Å². The molecular formula is C13H16F3N. The van der Waals surface area contributed by atoms with E-state index in [4.69, 9.17) is 0 Å². The van der Waals surface area contributed by atoms with Crippen LogP contribution >= 0.6 is 0 Å². The molecule has 2 unspecified atom stereocenters. The monoisotopic (exact) mass is 243 g/mol. The van der Waals surface area contributed by atoms with Gasteiger partial charge in [0, 0.05) is 6.04 Å². The van der Waals surface area contributed by atoms with Gasteiger partial charge in [0.1, 0.15) is 0 Å². The van der Waals surface area contributed by atoms with Gasteiger partial charge in [-0.15, -0.1) is 0 Å². The summed E-state index contributed by atoms with van der Waals surface area (Å²) in [5.74, 6) is -3.02. The second-order valence-electron chi connectivity index (χ2n) is 4.65. The van der Waals surface area contributed by atoms with Crippen molar-refractivity contribution in [2.75, 3.05) is 5.32 Å². The zero-order valence-electron chi connectivity index (χ0n) is 9.77. The summed E-state index contributed by atoms with van der Waals surface area (Å²) in [5, 5.41) is 2.96. The van der Waals surface area contributed by atoms with Crippen LogP contribution in [0.25, 0.3) is 0 Å². The van der Waals surface area contributed by atoms with E-state index in [0.717, 1.165) is 31.7 Å². The molecule has 2 atom stereocenters. The van der Waals surface area contributed by atoms with E-state index in [2.05, 4.69) is 12.2 Å². The minimum absolute atomic E-state index is 0.0608. The Morgan fingerprint density at radius 2 is 1.94 bits per heavy atom. The first-order valence-corrected chi connectivity index (χ1v) is 6.01. The van der Waals surface area contributed by atoms with E-state index in [1.54, 1.807) is 0 Å². The fourth-order valence-corrected chi connectivity index (χ4v) is 2.43. The Labute approximate surface area is 99.0 Å². The number of halogens is 3. The molecular weight excluding hydrogens is 227 g/mol. The third-order valence-corrected chi connectivity index (χ3v) is 3.51. The predicted octanol–water partition coefficient (Wildman–Crippen LogP) is 4.09. The fourth-order valence-electron chi connectivity index (χ4n) is 2.43. The molecule has 17 heavy (non-hydrogen) atoms. The van der Waals surface area contributed by atoms with E-state index in [1.807, 2.05) is 0 Å². The van der Waals surface area contributed by atoms with Crippen LogP contribution in [-0.2, 0) is 0 Å². The standard InChI is InChI=1S/C13H16F3N/c1-2-8-3-4-9(7-8)17-11-6-5-10(14)12(15)13(11)16/h5-6,8-9,17H,2-4,7H2,1H3. The summed E-state index contributed by atoms with van der Waals surface area (Å²) >= 11 is 0. The van der Waals surface area contributed by atoms with Gasteiger partial charge in [-0.1, -0.05) is 13.3 Å². The molecule has 0 radical (unpaired) electrons. The quantitative estimate of drug-likeness (QED) is 0.788. The molecule has 1 aromatic rings. The van der Waals surface area contributed by atoms with Gasteiger partial charge in [0.15, 0.2) is 17.5 Å². The maximum Gasteiger partial charge on any atom is 0.196 e. The lowest BCUT2D eigenvalue weighted by Crippen LogP contribution is -2.17. The molecule has 1 nitrogen and oxygen atoms in total. The Balaban J connectivity index is 2.07. The van der Waals surface area contributed by atoms with Crippen molar-refractivity contribution < 1.29 is 13.2 Å². The molecule has 2 rings (SSSR count). The number of hydrogen-bond donors (Lipinski definition) is 1. The third kappa shape index (κ3) is 2.56. The molecule has 4 heteroatoms. The largest absolute Gasteiger partial charge is 0.380 e. The van der Waals surface area contributed by atoms with Gasteiger partial charge in [0.25, 0.3) is 0 Å². The first-order valence-electron chi connectivity index (χ1n) is 6.01. The summed E-state index contributed by atoms with van der Waals surface area (Å²) in [6, 6.07) is 2.37. The number of nitrogens with one attached hydrogen (secondary N) is 1. The molecule has 94 valence electrons. The van der Waals surface area contributed by atoms with Crippen LogP contribution in [0.1, 0.15) is 32.6 Å². The number of benzene rings is 1. The lowest BCUT2D eigenvalue weighted by molar-refractivity contribution is 0.448. The van der Waals surface area contributed by atoms with Crippen molar-refractivity contribution in [3.8, 4) is 0 Å². The summed E-state index contributed by atoms with van der Waals surface area (Å²) in [4.78, 5) is 0. The third-order valence-electron chi connectivity index (χ3n) is 3.51. The molecule has 0 spiro atoms. The van der Waals surface area contributed by atoms with Crippen molar-refractivity contribution in [2.45, 2.75) is 38.6 Å². The highest BCUT2D eigenvalue weighted by atomic mass is 19.2. The van der Waals surface area contributed by atoms with Crippen LogP contribution in [0.3, 0.4) is 0 Å². The zero-order chi connectivity index (χ0) is 12.4. The average Bonchev–Trinajstić information content (AvgIpc) is 2.78. The molecule has 0 aromatic heterocycles. The Morgan fingerprint density at radius 3 is 2.59 bits per heavy atom. The molecule has 0 bridgehead atoms. The van der Waals surface area contributed by atoms with E-state index in [0.29, 0.717) is 5.92 Å². The molecule has 0 amide bonds. The van der Waals surface area contributed by atoms with Crippen molar-refractivity contribution >= 4 is 5.69 Å². The first-order chi connectivity index (χ1) is 8.11. The maximum atomic E-state index is 13.4. The molecule has 1 saturated carbocycles. The van der Waals surface area contributed by atoms with Gasteiger partial charge in [-0.3, -0.25) is 0 Å². The number of rotatable bonds is 3. The lowest BCUT2D eigenvalue weighted by atomic mass is 10.1. The second-order valence-corrected chi connectivity index (χ2v) is 4.65. The molecule has 1 aliphatic carbocycles. The zero-order valence-corrected chi connectivity index (χ0v) is 9.77. The first kappa shape index (κ1) is 12.3. The molecule has 1 aliphatic rings. The molecule has 1 fully saturated rings. The van der Waals surface area contributed by atoms with E-state index < -0.39 is 17.5 Å². The van der Waals surface area contributed by atoms with Crippen LogP contribution in [0.15, 0.2) is 12.1 Å². The molecule has 1 N–H and O–H groups in total. The minimum atomic E-state index is -1.40. The molecule has 0 heterocycles. The van der Waals surface area contributed by atoms with Gasteiger partial charge >= 0.3 is 0 Å². The highest BCUT2D eigenvalue weighted by Gasteiger charge is 2.24. The van der Waals surface area contributed by atoms with Crippen molar-refractivity contribution in [1.82, 2.24) is 0 Å². The topological polar surface area (TPSA) is 12.0 Å². The van der Waals surface area contributed by atoms with Crippen molar-refractivity contribution in [3.63, 3.8) is 0 Å². The Morgan fingerprint density at radius 1 is 1.18 bits per heavy atom. The van der Waals surface area contributed by atoms with Gasteiger partial charge in [0.2, 0.25) is 0 Å². The summed E-state index contributed by atoms with van der Waals surface area (Å²) in [5.41, 5.74) is 0.0608. The van der Waals surface area contributed by atoms with E-state index in [9.17, 15) is 13.2 Å². The normalized spacial score (nSPS) is 24.0. The van der Waals surface area contributed by atoms with Gasteiger partial charge < -0.3 is 5.32 Å². The van der Waals surface area contributed by atoms with Crippen LogP contribution in [-0.4, -0.2) is 6.04 Å². The van der Waals surface area contributed by atoms with E-state index in [-0.39, 0.29) is 11.7 Å². The predicted molar refractivity (Wildman–Crippen MR) is 61.4 cm³/mol. The summed E-state index contributed by atoms with van der Waals surface area (Å²) in [7, 11) is 0. The van der Waals surface area contributed by atoms with E-state index >= 15 is 0 Å². The number of anilines is 1. The van der Waals surface area contributed by atoms with Crippen LogP contribution in [0.5, 0.6) is 0 Å². The Hall–Kier alpha value is -1.19. The fraction of sp³-hybridized carbons (Fsp3) is 0.538. The molecule has 1 aromatic carbocycles. The molecule has 0 aliphatic heterocycles. The van der Waals surface area contributed by atoms with Crippen LogP contribution in [0.4, 0.5) is 18.9 Å². The second kappa shape index (κ2) is 4.98.